The molecule has 0 amide bonds. The number of β-amino-alcohol motifs (C(OH)–C–C–N with tert-alkyl or cyclic N) is 1. The summed E-state index contributed by atoms with van der Waals surface area (Å²) in [4.78, 5) is 4.38. The van der Waals surface area contributed by atoms with Gasteiger partial charge < -0.3 is 14.7 Å². The molecular formula is C24H37FN2O2. The number of ether oxygens (including phenoxy) is 1. The van der Waals surface area contributed by atoms with E-state index in [2.05, 4.69) is 30.6 Å². The van der Waals surface area contributed by atoms with Crippen LogP contribution in [0, 0.1) is 22.6 Å². The van der Waals surface area contributed by atoms with Crippen LogP contribution in [0.3, 0.4) is 0 Å². The predicted molar refractivity (Wildman–Crippen MR) is 115 cm³/mol. The van der Waals surface area contributed by atoms with Gasteiger partial charge in [-0.05, 0) is 54.6 Å². The standard InChI is InChI=1S/C24H37FN2O2/c1-23(2)18-8-10-24(23,3)22(16-18)29-15-9-19(28)17-26-11-13-27(14-12-26)21-7-5-4-6-20(21)25/h4-7,18-19,22,28H,8-17H2,1-3H3/t18-,19+,22-,24-/m0/s1. The molecule has 0 aromatic heterocycles. The molecule has 1 aromatic rings. The van der Waals surface area contributed by atoms with Crippen molar-refractivity contribution in [1.29, 1.82) is 0 Å². The normalized spacial score (nSPS) is 32.7. The second-order valence-electron chi connectivity index (χ2n) is 10.2. The smallest absolute Gasteiger partial charge is 0.146 e. The SMILES string of the molecule is CC1(C)[C@H]2CC[C@@]1(C)[C@@H](OCC[C@@H](O)CN1CCN(c3ccccc3F)CC1)C2. The molecule has 1 aromatic carbocycles. The molecule has 2 bridgehead atoms. The fourth-order valence-electron chi connectivity index (χ4n) is 6.00. The molecule has 1 heterocycles. The number of benzene rings is 1. The Kier molecular flexibility index (Phi) is 5.93. The number of nitrogens with zero attached hydrogens (tertiary/aromatic N) is 2. The maximum Gasteiger partial charge on any atom is 0.146 e. The lowest BCUT2D eigenvalue weighted by Gasteiger charge is -2.39. The summed E-state index contributed by atoms with van der Waals surface area (Å²) in [6.07, 6.45) is 4.44. The van der Waals surface area contributed by atoms with E-state index in [9.17, 15) is 9.50 Å². The number of anilines is 1. The number of para-hydroxylation sites is 1. The van der Waals surface area contributed by atoms with Crippen molar-refractivity contribution in [1.82, 2.24) is 4.90 Å². The van der Waals surface area contributed by atoms with Crippen molar-refractivity contribution in [2.45, 2.75) is 58.7 Å². The summed E-state index contributed by atoms with van der Waals surface area (Å²) >= 11 is 0. The lowest BCUT2D eigenvalue weighted by molar-refractivity contribution is -0.0564. The van der Waals surface area contributed by atoms with E-state index in [0.717, 1.165) is 32.1 Å². The van der Waals surface area contributed by atoms with E-state index in [0.29, 0.717) is 36.8 Å². The van der Waals surface area contributed by atoms with E-state index in [1.165, 1.54) is 25.3 Å². The van der Waals surface area contributed by atoms with Gasteiger partial charge in [-0.25, -0.2) is 4.39 Å². The molecule has 4 atom stereocenters. The first-order valence-corrected chi connectivity index (χ1v) is 11.3. The molecule has 3 fully saturated rings. The molecule has 162 valence electrons. The average Bonchev–Trinajstić information content (AvgIpc) is 3.03. The lowest BCUT2D eigenvalue weighted by Crippen LogP contribution is -2.49. The highest BCUT2D eigenvalue weighted by molar-refractivity contribution is 5.47. The van der Waals surface area contributed by atoms with Gasteiger partial charge in [0.2, 0.25) is 0 Å². The number of hydrogen-bond acceptors (Lipinski definition) is 4. The van der Waals surface area contributed by atoms with Crippen LogP contribution >= 0.6 is 0 Å². The van der Waals surface area contributed by atoms with Crippen LogP contribution < -0.4 is 4.90 Å². The monoisotopic (exact) mass is 404 g/mol. The number of hydrogen-bond donors (Lipinski definition) is 1. The topological polar surface area (TPSA) is 35.9 Å². The van der Waals surface area contributed by atoms with Gasteiger partial charge in [-0.3, -0.25) is 4.90 Å². The maximum atomic E-state index is 14.0. The fraction of sp³-hybridized carbons (Fsp3) is 0.750. The van der Waals surface area contributed by atoms with Crippen molar-refractivity contribution in [3.05, 3.63) is 30.1 Å². The average molecular weight is 405 g/mol. The third-order valence-electron chi connectivity index (χ3n) is 8.52. The number of piperazine rings is 1. The molecule has 1 saturated heterocycles. The molecule has 3 aliphatic rings. The van der Waals surface area contributed by atoms with E-state index in [1.807, 2.05) is 12.1 Å². The van der Waals surface area contributed by atoms with Gasteiger partial charge in [0.15, 0.2) is 0 Å². The van der Waals surface area contributed by atoms with Gasteiger partial charge in [0, 0.05) is 39.3 Å². The zero-order valence-corrected chi connectivity index (χ0v) is 18.2. The van der Waals surface area contributed by atoms with Crippen LogP contribution in [-0.4, -0.2) is 61.5 Å². The molecule has 2 saturated carbocycles. The summed E-state index contributed by atoms with van der Waals surface area (Å²) in [5.74, 6) is 0.629. The zero-order valence-electron chi connectivity index (χ0n) is 18.2. The highest BCUT2D eigenvalue weighted by Crippen LogP contribution is 2.66. The molecule has 4 nitrogen and oxygen atoms in total. The van der Waals surface area contributed by atoms with Crippen LogP contribution in [0.1, 0.15) is 46.5 Å². The largest absolute Gasteiger partial charge is 0.392 e. The zero-order chi connectivity index (χ0) is 20.6. The second-order valence-corrected chi connectivity index (χ2v) is 10.2. The third kappa shape index (κ3) is 3.94. The first-order chi connectivity index (χ1) is 13.8. The van der Waals surface area contributed by atoms with E-state index in [1.54, 1.807) is 6.07 Å². The van der Waals surface area contributed by atoms with Crippen LogP contribution in [0.2, 0.25) is 0 Å². The Hall–Kier alpha value is -1.17. The van der Waals surface area contributed by atoms with Gasteiger partial charge >= 0.3 is 0 Å². The molecule has 5 heteroatoms. The third-order valence-corrected chi connectivity index (χ3v) is 8.52. The Morgan fingerprint density at radius 2 is 1.90 bits per heavy atom. The minimum Gasteiger partial charge on any atom is -0.392 e. The van der Waals surface area contributed by atoms with Crippen LogP contribution in [0.25, 0.3) is 0 Å². The maximum absolute atomic E-state index is 14.0. The van der Waals surface area contributed by atoms with E-state index in [4.69, 9.17) is 4.74 Å². The number of fused-ring (bicyclic) bond motifs is 2. The summed E-state index contributed by atoms with van der Waals surface area (Å²) in [7, 11) is 0. The summed E-state index contributed by atoms with van der Waals surface area (Å²) < 4.78 is 20.3. The summed E-state index contributed by atoms with van der Waals surface area (Å²) in [5, 5.41) is 10.5. The first kappa shape index (κ1) is 21.1. The molecule has 1 aliphatic heterocycles. The van der Waals surface area contributed by atoms with E-state index < -0.39 is 0 Å². The molecule has 2 aliphatic carbocycles. The Morgan fingerprint density at radius 1 is 1.17 bits per heavy atom. The highest BCUT2D eigenvalue weighted by Gasteiger charge is 2.61. The Morgan fingerprint density at radius 3 is 2.52 bits per heavy atom. The highest BCUT2D eigenvalue weighted by atomic mass is 19.1. The van der Waals surface area contributed by atoms with Gasteiger partial charge in [-0.15, -0.1) is 0 Å². The molecule has 0 unspecified atom stereocenters. The Balaban J connectivity index is 1.18. The van der Waals surface area contributed by atoms with Crippen LogP contribution in [0.4, 0.5) is 10.1 Å². The van der Waals surface area contributed by atoms with Gasteiger partial charge in [-0.1, -0.05) is 32.9 Å². The summed E-state index contributed by atoms with van der Waals surface area (Å²) in [5.41, 5.74) is 1.34. The molecule has 0 radical (unpaired) electrons. The second kappa shape index (κ2) is 8.16. The van der Waals surface area contributed by atoms with Crippen molar-refractivity contribution in [2.24, 2.45) is 16.7 Å². The molecular weight excluding hydrogens is 367 g/mol. The van der Waals surface area contributed by atoms with Crippen LogP contribution in [0.5, 0.6) is 0 Å². The van der Waals surface area contributed by atoms with Crippen molar-refractivity contribution in [3.63, 3.8) is 0 Å². The molecule has 4 rings (SSSR count). The lowest BCUT2D eigenvalue weighted by atomic mass is 9.70. The first-order valence-electron chi connectivity index (χ1n) is 11.3. The van der Waals surface area contributed by atoms with Gasteiger partial charge in [0.05, 0.1) is 17.9 Å². The predicted octanol–water partition coefficient (Wildman–Crippen LogP) is 3.93. The molecule has 29 heavy (non-hydrogen) atoms. The van der Waals surface area contributed by atoms with E-state index >= 15 is 0 Å². The van der Waals surface area contributed by atoms with Gasteiger partial charge in [0.25, 0.3) is 0 Å². The Bertz CT molecular complexity index is 704. The van der Waals surface area contributed by atoms with Crippen molar-refractivity contribution < 1.29 is 14.2 Å². The Labute approximate surface area is 175 Å². The number of aliphatic hydroxyl groups is 1. The number of halogens is 1. The number of aliphatic hydroxyl groups excluding tert-OH is 1. The summed E-state index contributed by atoms with van der Waals surface area (Å²) in [6.45, 7) is 11.8. The van der Waals surface area contributed by atoms with E-state index in [-0.39, 0.29) is 17.3 Å². The molecule has 0 spiro atoms. The number of rotatable bonds is 7. The van der Waals surface area contributed by atoms with Crippen LogP contribution in [0.15, 0.2) is 24.3 Å². The van der Waals surface area contributed by atoms with Crippen molar-refractivity contribution in [2.75, 3.05) is 44.2 Å². The molecule has 1 N–H and O–H groups in total. The minimum atomic E-state index is -0.366. The van der Waals surface area contributed by atoms with Gasteiger partial charge in [0.1, 0.15) is 5.82 Å². The quantitative estimate of drug-likeness (QED) is 0.747. The van der Waals surface area contributed by atoms with Crippen LogP contribution in [-0.2, 0) is 4.74 Å². The van der Waals surface area contributed by atoms with Crippen molar-refractivity contribution >= 4 is 5.69 Å². The summed E-state index contributed by atoms with van der Waals surface area (Å²) in [6, 6.07) is 6.97. The van der Waals surface area contributed by atoms with Gasteiger partial charge in [-0.2, -0.15) is 0 Å². The minimum absolute atomic E-state index is 0.157. The van der Waals surface area contributed by atoms with Crippen molar-refractivity contribution in [3.8, 4) is 0 Å². The fourth-order valence-corrected chi connectivity index (χ4v) is 6.00.